The predicted octanol–water partition coefficient (Wildman–Crippen LogP) is 6.91. The number of nitrogens with one attached hydrogen (secondary N) is 1. The van der Waals surface area contributed by atoms with Crippen LogP contribution in [0.25, 0.3) is 0 Å². The molecule has 0 saturated heterocycles. The number of benzene rings is 4. The highest BCUT2D eigenvalue weighted by Gasteiger charge is 2.36. The van der Waals surface area contributed by atoms with E-state index < -0.39 is 0 Å². The van der Waals surface area contributed by atoms with Gasteiger partial charge in [-0.1, -0.05) is 18.2 Å². The lowest BCUT2D eigenvalue weighted by Crippen LogP contribution is -2.34. The number of likely N-dealkylation sites (N-methyl/N-ethyl adjacent to an activating group) is 1. The third-order valence-corrected chi connectivity index (χ3v) is 9.18. The van der Waals surface area contributed by atoms with Gasteiger partial charge >= 0.3 is 0 Å². The van der Waals surface area contributed by atoms with Crippen LogP contribution in [-0.2, 0) is 25.7 Å². The van der Waals surface area contributed by atoms with Crippen molar-refractivity contribution in [2.24, 2.45) is 0 Å². The van der Waals surface area contributed by atoms with Crippen molar-refractivity contribution in [3.8, 4) is 46.0 Å². The first-order valence-electron chi connectivity index (χ1n) is 14.7. The van der Waals surface area contributed by atoms with Crippen molar-refractivity contribution in [3.63, 3.8) is 0 Å². The number of methoxy groups -OCH3 is 2. The van der Waals surface area contributed by atoms with Gasteiger partial charge in [-0.2, -0.15) is 0 Å². The van der Waals surface area contributed by atoms with Gasteiger partial charge in [0, 0.05) is 24.2 Å². The van der Waals surface area contributed by atoms with Gasteiger partial charge in [0.2, 0.25) is 5.75 Å². The van der Waals surface area contributed by atoms with Crippen LogP contribution < -0.4 is 29.0 Å². The molecule has 0 saturated carbocycles. The Kier molecular flexibility index (Phi) is 6.05. The second kappa shape index (κ2) is 9.96. The Hall–Kier alpha value is -4.20. The average molecular weight is 563 g/mol. The first-order chi connectivity index (χ1) is 20.6. The SMILES string of the molecule is COc1ccc2cc1Oc1ccc(cc1)CC1c3c(cc(OC)c4c3Oc3cc5c(cc3O4)CCN[C@H]5C2)CCN1C. The zero-order valence-corrected chi connectivity index (χ0v) is 24.2. The molecule has 5 aliphatic rings. The van der Waals surface area contributed by atoms with E-state index in [2.05, 4.69) is 59.7 Å². The monoisotopic (exact) mass is 562 g/mol. The van der Waals surface area contributed by atoms with E-state index in [1.165, 1.54) is 33.4 Å². The van der Waals surface area contributed by atoms with Crippen LogP contribution in [0.4, 0.5) is 0 Å². The minimum Gasteiger partial charge on any atom is -0.493 e. The maximum atomic E-state index is 6.86. The molecule has 5 heterocycles. The van der Waals surface area contributed by atoms with Crippen LogP contribution in [0.1, 0.15) is 45.5 Å². The zero-order valence-electron chi connectivity index (χ0n) is 24.2. The van der Waals surface area contributed by atoms with Gasteiger partial charge in [-0.15, -0.1) is 0 Å². The maximum Gasteiger partial charge on any atom is 0.212 e. The van der Waals surface area contributed by atoms with E-state index in [9.17, 15) is 0 Å². The minimum atomic E-state index is 0.119. The molecule has 214 valence electrons. The van der Waals surface area contributed by atoms with Crippen molar-refractivity contribution < 1.29 is 23.7 Å². The molecular formula is C35H34N2O5. The minimum absolute atomic E-state index is 0.119. The number of hydrogen-bond acceptors (Lipinski definition) is 7. The summed E-state index contributed by atoms with van der Waals surface area (Å²) in [5, 5.41) is 3.74. The normalized spacial score (nSPS) is 20.1. The molecule has 4 aromatic rings. The van der Waals surface area contributed by atoms with Gasteiger partial charge in [-0.3, -0.25) is 4.90 Å². The Bertz CT molecular complexity index is 1700. The van der Waals surface area contributed by atoms with Crippen molar-refractivity contribution in [1.82, 2.24) is 10.2 Å². The van der Waals surface area contributed by atoms with Gasteiger partial charge < -0.3 is 29.0 Å². The maximum absolute atomic E-state index is 6.86. The van der Waals surface area contributed by atoms with Gasteiger partial charge in [0.25, 0.3) is 0 Å². The Balaban J connectivity index is 1.32. The molecule has 7 heteroatoms. The van der Waals surface area contributed by atoms with E-state index in [-0.39, 0.29) is 12.1 Å². The fourth-order valence-corrected chi connectivity index (χ4v) is 6.95. The molecule has 42 heavy (non-hydrogen) atoms. The van der Waals surface area contributed by atoms with Crippen LogP contribution >= 0.6 is 0 Å². The summed E-state index contributed by atoms with van der Waals surface area (Å²) in [7, 11) is 5.58. The van der Waals surface area contributed by atoms with Crippen LogP contribution in [-0.4, -0.2) is 39.3 Å². The Morgan fingerprint density at radius 2 is 1.52 bits per heavy atom. The van der Waals surface area contributed by atoms with E-state index in [0.29, 0.717) is 23.0 Å². The molecule has 7 bridgehead atoms. The van der Waals surface area contributed by atoms with Gasteiger partial charge in [0.1, 0.15) is 5.75 Å². The van der Waals surface area contributed by atoms with Gasteiger partial charge in [0.05, 0.1) is 14.2 Å². The molecule has 4 aromatic carbocycles. The van der Waals surface area contributed by atoms with E-state index in [1.54, 1.807) is 14.2 Å². The molecule has 0 fully saturated rings. The second-order valence-electron chi connectivity index (χ2n) is 11.7. The third kappa shape index (κ3) is 4.18. The largest absolute Gasteiger partial charge is 0.493 e. The van der Waals surface area contributed by atoms with Crippen molar-refractivity contribution in [3.05, 3.63) is 94.0 Å². The molecule has 0 radical (unpaired) electrons. The standard InChI is InChI=1S/C35H34N2O5/c1-37-13-11-23-18-32(39-3)34-35-33(23)27(37)15-20-4-7-24(8-5-20)40-29-16-21(6-9-28(29)38-2)14-26-25-19-31(42-35)30(41-34)17-22(25)10-12-36-26/h4-9,16-19,26-27,36H,10-15H2,1-3H3/t26-,27?/m0/s1. The molecule has 1 unspecified atom stereocenters. The summed E-state index contributed by atoms with van der Waals surface area (Å²) in [4.78, 5) is 2.42. The van der Waals surface area contributed by atoms with Gasteiger partial charge in [0.15, 0.2) is 34.5 Å². The highest BCUT2D eigenvalue weighted by Crippen LogP contribution is 2.56. The summed E-state index contributed by atoms with van der Waals surface area (Å²) < 4.78 is 31.4. The Morgan fingerprint density at radius 1 is 0.738 bits per heavy atom. The lowest BCUT2D eigenvalue weighted by Gasteiger charge is -2.38. The number of hydrogen-bond donors (Lipinski definition) is 1. The highest BCUT2D eigenvalue weighted by atomic mass is 16.6. The Labute approximate surface area is 245 Å². The first kappa shape index (κ1) is 25.5. The number of fused-ring (bicyclic) bond motifs is 2. The fourth-order valence-electron chi connectivity index (χ4n) is 6.95. The lowest BCUT2D eigenvalue weighted by molar-refractivity contribution is 0.220. The van der Waals surface area contributed by atoms with Gasteiger partial charge in [-0.05, 0) is 110 Å². The third-order valence-electron chi connectivity index (χ3n) is 9.18. The van der Waals surface area contributed by atoms with Crippen molar-refractivity contribution in [2.75, 3.05) is 34.4 Å². The summed E-state index contributed by atoms with van der Waals surface area (Å²) in [5.41, 5.74) is 7.33. The summed E-state index contributed by atoms with van der Waals surface area (Å²) in [5.74, 6) is 5.86. The summed E-state index contributed by atoms with van der Waals surface area (Å²) >= 11 is 0. The topological polar surface area (TPSA) is 61.4 Å². The zero-order chi connectivity index (χ0) is 28.4. The van der Waals surface area contributed by atoms with E-state index in [4.69, 9.17) is 23.7 Å². The molecular weight excluding hydrogens is 528 g/mol. The molecule has 7 nitrogen and oxygen atoms in total. The molecule has 2 atom stereocenters. The predicted molar refractivity (Wildman–Crippen MR) is 160 cm³/mol. The fraction of sp³-hybridized carbons (Fsp3) is 0.314. The summed E-state index contributed by atoms with van der Waals surface area (Å²) in [6, 6.07) is 21.3. The summed E-state index contributed by atoms with van der Waals surface area (Å²) in [6.45, 7) is 1.85. The van der Waals surface area contributed by atoms with E-state index >= 15 is 0 Å². The quantitative estimate of drug-likeness (QED) is 0.251. The van der Waals surface area contributed by atoms with Crippen molar-refractivity contribution in [1.29, 1.82) is 0 Å². The van der Waals surface area contributed by atoms with Crippen molar-refractivity contribution in [2.45, 2.75) is 37.8 Å². The Morgan fingerprint density at radius 3 is 2.36 bits per heavy atom. The van der Waals surface area contributed by atoms with Gasteiger partial charge in [-0.25, -0.2) is 0 Å². The molecule has 0 amide bonds. The van der Waals surface area contributed by atoms with Crippen LogP contribution in [0, 0.1) is 0 Å². The second-order valence-corrected chi connectivity index (χ2v) is 11.7. The van der Waals surface area contributed by atoms with Crippen molar-refractivity contribution >= 4 is 0 Å². The van der Waals surface area contributed by atoms with Crippen LogP contribution in [0.15, 0.2) is 60.7 Å². The number of nitrogens with zero attached hydrogens (tertiary/aromatic N) is 1. The van der Waals surface area contributed by atoms with E-state index in [0.717, 1.165) is 61.8 Å². The lowest BCUT2D eigenvalue weighted by atomic mass is 9.87. The smallest absolute Gasteiger partial charge is 0.212 e. The molecule has 0 aliphatic carbocycles. The molecule has 9 rings (SSSR count). The van der Waals surface area contributed by atoms with Crippen LogP contribution in [0.3, 0.4) is 0 Å². The van der Waals surface area contributed by atoms with Crippen LogP contribution in [0.5, 0.6) is 46.0 Å². The summed E-state index contributed by atoms with van der Waals surface area (Å²) in [6.07, 6.45) is 3.48. The molecule has 0 spiro atoms. The number of ether oxygens (including phenoxy) is 5. The molecule has 5 aliphatic heterocycles. The molecule has 0 aromatic heterocycles. The number of rotatable bonds is 2. The first-order valence-corrected chi connectivity index (χ1v) is 14.7. The highest BCUT2D eigenvalue weighted by molar-refractivity contribution is 5.67. The average Bonchev–Trinajstić information content (AvgIpc) is 3.01. The molecule has 1 N–H and O–H groups in total. The van der Waals surface area contributed by atoms with E-state index in [1.807, 2.05) is 18.2 Å². The van der Waals surface area contributed by atoms with Crippen LogP contribution in [0.2, 0.25) is 0 Å².